The minimum Gasteiger partial charge on any atom is -0.508 e. The number of hydrogen-bond donors (Lipinski definition) is 2. The van der Waals surface area contributed by atoms with Crippen molar-refractivity contribution in [3.8, 4) is 5.75 Å². The summed E-state index contributed by atoms with van der Waals surface area (Å²) in [6.07, 6.45) is 4.52. The SMILES string of the molecule is C/C=C(\OC)c1nc2c3cnn(CCN4CCc5ccc(O)cc5C4)c3nc(N)n2n1. The number of nitrogens with two attached hydrogens (primary N) is 1. The second-order valence-electron chi connectivity index (χ2n) is 7.58. The van der Waals surface area contributed by atoms with Crippen molar-refractivity contribution in [2.75, 3.05) is 25.9 Å². The number of methoxy groups -OCH3 is 1. The summed E-state index contributed by atoms with van der Waals surface area (Å²) < 4.78 is 8.70. The molecule has 10 heteroatoms. The summed E-state index contributed by atoms with van der Waals surface area (Å²) >= 11 is 0. The number of hydrogen-bond acceptors (Lipinski definition) is 8. The third kappa shape index (κ3) is 3.34. The van der Waals surface area contributed by atoms with E-state index in [2.05, 4.69) is 25.1 Å². The van der Waals surface area contributed by atoms with Gasteiger partial charge < -0.3 is 15.6 Å². The van der Waals surface area contributed by atoms with Crippen molar-refractivity contribution in [1.82, 2.24) is 34.3 Å². The van der Waals surface area contributed by atoms with Crippen LogP contribution in [0.2, 0.25) is 0 Å². The van der Waals surface area contributed by atoms with Crippen LogP contribution in [0.3, 0.4) is 0 Å². The molecule has 0 amide bonds. The molecule has 0 fully saturated rings. The van der Waals surface area contributed by atoms with Crippen molar-refractivity contribution in [3.05, 3.63) is 47.4 Å². The average Bonchev–Trinajstić information content (AvgIpc) is 3.38. The maximum atomic E-state index is 9.78. The summed E-state index contributed by atoms with van der Waals surface area (Å²) in [6.45, 7) is 5.11. The minimum atomic E-state index is 0.247. The van der Waals surface area contributed by atoms with Gasteiger partial charge in [-0.2, -0.15) is 14.6 Å². The van der Waals surface area contributed by atoms with Crippen molar-refractivity contribution in [2.45, 2.75) is 26.4 Å². The zero-order valence-corrected chi connectivity index (χ0v) is 17.5. The Hall–Kier alpha value is -3.66. The summed E-state index contributed by atoms with van der Waals surface area (Å²) in [5, 5.41) is 19.5. The summed E-state index contributed by atoms with van der Waals surface area (Å²) in [7, 11) is 1.58. The molecular weight excluding hydrogens is 396 g/mol. The zero-order chi connectivity index (χ0) is 21.5. The molecule has 160 valence electrons. The Bertz CT molecular complexity index is 1310. The lowest BCUT2D eigenvalue weighted by Crippen LogP contribution is -2.33. The van der Waals surface area contributed by atoms with Gasteiger partial charge in [0.2, 0.25) is 11.8 Å². The molecule has 4 heterocycles. The average molecular weight is 420 g/mol. The van der Waals surface area contributed by atoms with Gasteiger partial charge >= 0.3 is 0 Å². The van der Waals surface area contributed by atoms with Crippen LogP contribution in [0.1, 0.15) is 23.9 Å². The van der Waals surface area contributed by atoms with Crippen LogP contribution in [-0.4, -0.2) is 59.6 Å². The van der Waals surface area contributed by atoms with Gasteiger partial charge in [0.15, 0.2) is 17.1 Å². The Morgan fingerprint density at radius 3 is 2.90 bits per heavy atom. The van der Waals surface area contributed by atoms with Gasteiger partial charge in [-0.15, -0.1) is 5.10 Å². The van der Waals surface area contributed by atoms with Crippen LogP contribution in [0.5, 0.6) is 5.75 Å². The quantitative estimate of drug-likeness (QED) is 0.469. The van der Waals surface area contributed by atoms with E-state index in [-0.39, 0.29) is 5.95 Å². The molecule has 5 rings (SSSR count). The molecule has 0 saturated heterocycles. The fraction of sp³-hybridized carbons (Fsp3) is 0.333. The molecule has 10 nitrogen and oxygen atoms in total. The molecule has 3 aromatic heterocycles. The van der Waals surface area contributed by atoms with Crippen molar-refractivity contribution in [1.29, 1.82) is 0 Å². The van der Waals surface area contributed by atoms with E-state index in [4.69, 9.17) is 10.5 Å². The Balaban J connectivity index is 1.41. The van der Waals surface area contributed by atoms with E-state index in [1.807, 2.05) is 23.7 Å². The van der Waals surface area contributed by atoms with E-state index in [1.54, 1.807) is 25.4 Å². The number of rotatable bonds is 5. The smallest absolute Gasteiger partial charge is 0.225 e. The predicted octanol–water partition coefficient (Wildman–Crippen LogP) is 1.83. The topological polar surface area (TPSA) is 120 Å². The van der Waals surface area contributed by atoms with Crippen molar-refractivity contribution >= 4 is 28.4 Å². The number of aromatic nitrogens is 6. The Labute approximate surface area is 178 Å². The van der Waals surface area contributed by atoms with Crippen LogP contribution in [0, 0.1) is 0 Å². The largest absolute Gasteiger partial charge is 0.508 e. The highest BCUT2D eigenvalue weighted by atomic mass is 16.5. The molecule has 3 N–H and O–H groups in total. The maximum Gasteiger partial charge on any atom is 0.225 e. The number of phenolic OH excluding ortho intramolecular Hbond substituents is 1. The van der Waals surface area contributed by atoms with Crippen LogP contribution in [-0.2, 0) is 24.2 Å². The first-order valence-corrected chi connectivity index (χ1v) is 10.2. The molecule has 31 heavy (non-hydrogen) atoms. The van der Waals surface area contributed by atoms with E-state index in [0.717, 1.165) is 31.4 Å². The Morgan fingerprint density at radius 2 is 2.10 bits per heavy atom. The monoisotopic (exact) mass is 420 g/mol. The lowest BCUT2D eigenvalue weighted by atomic mass is 9.99. The van der Waals surface area contributed by atoms with Gasteiger partial charge in [-0.3, -0.25) is 4.90 Å². The van der Waals surface area contributed by atoms with E-state index in [0.29, 0.717) is 35.2 Å². The number of allylic oxidation sites excluding steroid dienone is 1. The third-order valence-corrected chi connectivity index (χ3v) is 5.71. The molecule has 1 aromatic carbocycles. The Kier molecular flexibility index (Phi) is 4.70. The molecule has 1 aliphatic heterocycles. The first kappa shape index (κ1) is 19.3. The Morgan fingerprint density at radius 1 is 1.23 bits per heavy atom. The lowest BCUT2D eigenvalue weighted by Gasteiger charge is -2.28. The summed E-state index contributed by atoms with van der Waals surface area (Å²) in [5.41, 5.74) is 9.92. The lowest BCUT2D eigenvalue weighted by molar-refractivity contribution is 0.241. The van der Waals surface area contributed by atoms with Gasteiger partial charge in [-0.05, 0) is 42.7 Å². The first-order valence-electron chi connectivity index (χ1n) is 10.2. The van der Waals surface area contributed by atoms with Crippen molar-refractivity contribution in [2.24, 2.45) is 0 Å². The van der Waals surface area contributed by atoms with Crippen LogP contribution in [0.4, 0.5) is 5.95 Å². The van der Waals surface area contributed by atoms with E-state index in [1.165, 1.54) is 15.6 Å². The third-order valence-electron chi connectivity index (χ3n) is 5.71. The van der Waals surface area contributed by atoms with Crippen LogP contribution in [0.15, 0.2) is 30.5 Å². The highest BCUT2D eigenvalue weighted by Gasteiger charge is 2.19. The second-order valence-corrected chi connectivity index (χ2v) is 7.58. The number of ether oxygens (including phenoxy) is 1. The van der Waals surface area contributed by atoms with E-state index >= 15 is 0 Å². The molecule has 4 aromatic rings. The number of nitrogens with zero attached hydrogens (tertiary/aromatic N) is 7. The van der Waals surface area contributed by atoms with Gasteiger partial charge in [-0.25, -0.2) is 9.67 Å². The number of anilines is 1. The highest BCUT2D eigenvalue weighted by molar-refractivity contribution is 5.90. The minimum absolute atomic E-state index is 0.247. The van der Waals surface area contributed by atoms with Crippen LogP contribution < -0.4 is 5.73 Å². The number of benzene rings is 1. The fourth-order valence-electron chi connectivity index (χ4n) is 4.09. The normalized spacial score (nSPS) is 15.0. The second kappa shape index (κ2) is 7.55. The van der Waals surface area contributed by atoms with Gasteiger partial charge in [0.05, 0.1) is 25.2 Å². The molecule has 0 saturated carbocycles. The van der Waals surface area contributed by atoms with Gasteiger partial charge in [0.1, 0.15) is 5.75 Å². The summed E-state index contributed by atoms with van der Waals surface area (Å²) in [5.74, 6) is 1.58. The van der Waals surface area contributed by atoms with Gasteiger partial charge in [0, 0.05) is 19.6 Å². The molecule has 0 spiro atoms. The van der Waals surface area contributed by atoms with Crippen LogP contribution in [0.25, 0.3) is 22.4 Å². The predicted molar refractivity (Wildman–Crippen MR) is 116 cm³/mol. The molecule has 0 aliphatic carbocycles. The zero-order valence-electron chi connectivity index (χ0n) is 17.5. The molecule has 0 bridgehead atoms. The van der Waals surface area contributed by atoms with Crippen LogP contribution >= 0.6 is 0 Å². The molecule has 0 radical (unpaired) electrons. The number of aromatic hydroxyl groups is 1. The standard InChI is InChI=1S/C21H24N8O2/c1-3-17(31-2)18-24-20-16-11-23-28(19(16)25-21(22)29(20)26-18)9-8-27-7-6-13-4-5-15(30)10-14(13)12-27/h3-5,10-11,30H,6-9,12H2,1-2H3,(H2,22,25)/b17-3-. The first-order chi connectivity index (χ1) is 15.1. The van der Waals surface area contributed by atoms with E-state index in [9.17, 15) is 5.11 Å². The number of fused-ring (bicyclic) bond motifs is 4. The molecule has 1 aliphatic rings. The van der Waals surface area contributed by atoms with Crippen molar-refractivity contribution in [3.63, 3.8) is 0 Å². The van der Waals surface area contributed by atoms with Gasteiger partial charge in [-0.1, -0.05) is 6.07 Å². The molecule has 0 atom stereocenters. The van der Waals surface area contributed by atoms with Crippen molar-refractivity contribution < 1.29 is 9.84 Å². The highest BCUT2D eigenvalue weighted by Crippen LogP contribution is 2.24. The maximum absolute atomic E-state index is 9.78. The molecule has 0 unspecified atom stereocenters. The number of phenols is 1. The number of nitrogen functional groups attached to an aromatic ring is 1. The fourth-order valence-corrected chi connectivity index (χ4v) is 4.09. The summed E-state index contributed by atoms with van der Waals surface area (Å²) in [6, 6.07) is 5.62. The van der Waals surface area contributed by atoms with Gasteiger partial charge in [0.25, 0.3) is 0 Å². The van der Waals surface area contributed by atoms with E-state index < -0.39 is 0 Å². The summed E-state index contributed by atoms with van der Waals surface area (Å²) in [4.78, 5) is 11.5. The molecular formula is C21H24N8O2.